The summed E-state index contributed by atoms with van der Waals surface area (Å²) in [4.78, 5) is 0. The molecule has 0 aromatic rings. The number of allylic oxidation sites excluding steroid dienone is 1. The van der Waals surface area contributed by atoms with E-state index >= 15 is 0 Å². The first-order chi connectivity index (χ1) is 2.41. The minimum atomic E-state index is 0.302. The molecule has 0 unspecified atom stereocenters. The van der Waals surface area contributed by atoms with Crippen LogP contribution in [0, 0.1) is 0 Å². The van der Waals surface area contributed by atoms with Gasteiger partial charge in [0, 0.05) is 0 Å². The summed E-state index contributed by atoms with van der Waals surface area (Å²) in [5.74, 6) is 0. The maximum atomic E-state index is 3.55. The molecule has 0 N–H and O–H groups in total. The van der Waals surface area contributed by atoms with Crippen molar-refractivity contribution < 1.29 is 19.0 Å². The molecule has 0 spiro atoms. The third-order valence-corrected chi connectivity index (χ3v) is 2.76. The Bertz CT molecular complexity index is 28.1. The number of rotatable bonds is 2. The molecule has 0 nitrogen and oxygen atoms in total. The van der Waals surface area contributed by atoms with Crippen LogP contribution in [0.2, 0.25) is 0 Å². The van der Waals surface area contributed by atoms with Gasteiger partial charge in [0.15, 0.2) is 0 Å². The monoisotopic (exact) mass is 247 g/mol. The van der Waals surface area contributed by atoms with Crippen LogP contribution in [0.25, 0.3) is 0 Å². The van der Waals surface area contributed by atoms with E-state index in [0.717, 1.165) is 0 Å². The van der Waals surface area contributed by atoms with Gasteiger partial charge in [0.1, 0.15) is 0 Å². The summed E-state index contributed by atoms with van der Waals surface area (Å²) in [6.45, 7) is 3.55. The van der Waals surface area contributed by atoms with Crippen molar-refractivity contribution >= 4 is 12.7 Å². The van der Waals surface area contributed by atoms with Crippen LogP contribution in [0.5, 0.6) is 0 Å². The molecule has 0 bridgehead atoms. The van der Waals surface area contributed by atoms with E-state index < -0.39 is 0 Å². The second-order valence-corrected chi connectivity index (χ2v) is 4.84. The topological polar surface area (TPSA) is 0 Å². The first-order valence-electron chi connectivity index (χ1n) is 1.23. The molecule has 5 heavy (non-hydrogen) atoms. The quantitative estimate of drug-likeness (QED) is 0.319. The second-order valence-electron chi connectivity index (χ2n) is 0.544. The fourth-order valence-electron chi connectivity index (χ4n) is 0.0412. The molecule has 0 aliphatic heterocycles. The number of halogens is 2. The summed E-state index contributed by atoms with van der Waals surface area (Å²) >= 11 is 3.65. The van der Waals surface area contributed by atoms with Gasteiger partial charge in [0.25, 0.3) is 0 Å². The average molecular weight is 248 g/mol. The van der Waals surface area contributed by atoms with Crippen molar-refractivity contribution in [2.75, 3.05) is 4.43 Å². The van der Waals surface area contributed by atoms with E-state index in [2.05, 4.69) is 19.3 Å². The van der Waals surface area contributed by atoms with E-state index in [9.17, 15) is 0 Å². The van der Waals surface area contributed by atoms with Gasteiger partial charge in [-0.15, -0.1) is 0 Å². The molecule has 0 radical (unpaired) electrons. The standard InChI is InChI=1S/C3H5BrI/c1-2-3-5-4/h2H,1,3H2/q-1. The molecule has 0 rings (SSSR count). The van der Waals surface area contributed by atoms with Crippen molar-refractivity contribution in [3.8, 4) is 0 Å². The van der Waals surface area contributed by atoms with E-state index in [1.165, 1.54) is 4.43 Å². The summed E-state index contributed by atoms with van der Waals surface area (Å²) in [5, 5.41) is 0. The van der Waals surface area contributed by atoms with Crippen molar-refractivity contribution in [1.82, 2.24) is 0 Å². The summed E-state index contributed by atoms with van der Waals surface area (Å²) in [6.07, 6.45) is 1.93. The van der Waals surface area contributed by atoms with Gasteiger partial charge in [-0.1, -0.05) is 0 Å². The maximum absolute atomic E-state index is 3.55. The molecular formula is C3H5BrI-. The molecule has 32 valence electrons. The molecular weight excluding hydrogens is 243 g/mol. The van der Waals surface area contributed by atoms with E-state index in [1.807, 2.05) is 6.08 Å². The molecule has 0 saturated carbocycles. The van der Waals surface area contributed by atoms with Gasteiger partial charge in [-0.25, -0.2) is 0 Å². The minimum absolute atomic E-state index is 0.302. The van der Waals surface area contributed by atoms with E-state index in [1.54, 1.807) is 0 Å². The van der Waals surface area contributed by atoms with Crippen molar-refractivity contribution in [2.24, 2.45) is 0 Å². The van der Waals surface area contributed by atoms with E-state index in [0.29, 0.717) is 19.0 Å². The Morgan fingerprint density at radius 2 is 2.60 bits per heavy atom. The predicted octanol–water partition coefficient (Wildman–Crippen LogP) is -1.43. The van der Waals surface area contributed by atoms with E-state index in [4.69, 9.17) is 0 Å². The first kappa shape index (κ1) is 5.95. The predicted molar refractivity (Wildman–Crippen MR) is 24.0 cm³/mol. The Labute approximate surface area is 48.7 Å². The Kier molecular flexibility index (Phi) is 5.89. The van der Waals surface area contributed by atoms with Crippen LogP contribution >= 0.6 is 12.7 Å². The normalized spacial score (nSPS) is 8.20. The summed E-state index contributed by atoms with van der Waals surface area (Å²) in [6, 6.07) is 0. The summed E-state index contributed by atoms with van der Waals surface area (Å²) in [5.41, 5.74) is 0. The molecule has 2 heteroatoms. The zero-order valence-corrected chi connectivity index (χ0v) is 6.49. The molecule has 0 atom stereocenters. The summed E-state index contributed by atoms with van der Waals surface area (Å²) < 4.78 is 1.18. The Hall–Kier alpha value is 0.950. The molecule has 0 amide bonds. The van der Waals surface area contributed by atoms with E-state index in [-0.39, 0.29) is 0 Å². The Morgan fingerprint density at radius 3 is 2.60 bits per heavy atom. The molecule has 0 saturated heterocycles. The van der Waals surface area contributed by atoms with Gasteiger partial charge >= 0.3 is 48.8 Å². The fraction of sp³-hybridized carbons (Fsp3) is 0.333. The summed E-state index contributed by atoms with van der Waals surface area (Å²) in [7, 11) is 0. The number of alkyl halides is 1. The van der Waals surface area contributed by atoms with Crippen LogP contribution in [0.3, 0.4) is 0 Å². The van der Waals surface area contributed by atoms with Crippen LogP contribution < -0.4 is 19.0 Å². The molecule has 0 aromatic heterocycles. The Balaban J connectivity index is 2.40. The molecule has 0 heterocycles. The van der Waals surface area contributed by atoms with Crippen LogP contribution in [-0.4, -0.2) is 4.43 Å². The Morgan fingerprint density at radius 1 is 2.00 bits per heavy atom. The van der Waals surface area contributed by atoms with Crippen molar-refractivity contribution in [1.29, 1.82) is 0 Å². The SMILES string of the molecule is C=CC[I-]Br. The van der Waals surface area contributed by atoms with Crippen LogP contribution in [0.1, 0.15) is 0 Å². The number of hydrogen-bond donors (Lipinski definition) is 0. The zero-order valence-electron chi connectivity index (χ0n) is 2.75. The van der Waals surface area contributed by atoms with Crippen molar-refractivity contribution in [3.63, 3.8) is 0 Å². The van der Waals surface area contributed by atoms with Gasteiger partial charge in [0.05, 0.1) is 0 Å². The molecule has 0 aliphatic rings. The third-order valence-electron chi connectivity index (χ3n) is 0.167. The average Bonchev–Trinajstić information content (AvgIpc) is 1.41. The van der Waals surface area contributed by atoms with Crippen molar-refractivity contribution in [3.05, 3.63) is 12.7 Å². The molecule has 0 aromatic carbocycles. The first-order valence-corrected chi connectivity index (χ1v) is 7.59. The number of hydrogen-bond acceptors (Lipinski definition) is 0. The van der Waals surface area contributed by atoms with Gasteiger partial charge in [0.2, 0.25) is 0 Å². The van der Waals surface area contributed by atoms with Crippen LogP contribution in [-0.2, 0) is 0 Å². The third kappa shape index (κ3) is 4.95. The van der Waals surface area contributed by atoms with Crippen LogP contribution in [0.4, 0.5) is 0 Å². The van der Waals surface area contributed by atoms with Gasteiger partial charge < -0.3 is 0 Å². The van der Waals surface area contributed by atoms with Crippen molar-refractivity contribution in [2.45, 2.75) is 0 Å². The van der Waals surface area contributed by atoms with Gasteiger partial charge in [-0.2, -0.15) is 0 Å². The molecule has 0 aliphatic carbocycles. The fourth-order valence-corrected chi connectivity index (χ4v) is 1.44. The zero-order chi connectivity index (χ0) is 4.12. The second kappa shape index (κ2) is 4.95. The van der Waals surface area contributed by atoms with Crippen LogP contribution in [0.15, 0.2) is 12.7 Å². The van der Waals surface area contributed by atoms with Gasteiger partial charge in [-0.05, 0) is 0 Å². The van der Waals surface area contributed by atoms with Gasteiger partial charge in [-0.3, -0.25) is 0 Å². The molecule has 0 fully saturated rings.